The van der Waals surface area contributed by atoms with Crippen molar-refractivity contribution < 1.29 is 9.53 Å². The Morgan fingerprint density at radius 3 is 2.60 bits per heavy atom. The number of anilines is 1. The number of ether oxygens (including phenoxy) is 1. The van der Waals surface area contributed by atoms with Crippen LogP contribution in [0.4, 0.5) is 5.69 Å². The number of nitrogens with zero attached hydrogens (tertiary/aromatic N) is 1. The number of carbonyl (C=O) groups excluding carboxylic acids is 1. The van der Waals surface area contributed by atoms with E-state index in [1.165, 1.54) is 0 Å². The van der Waals surface area contributed by atoms with E-state index < -0.39 is 5.60 Å². The molecule has 1 aliphatic rings. The Kier molecular flexibility index (Phi) is 4.95. The smallest absolute Gasteiger partial charge is 0.267 e. The zero-order valence-corrected chi connectivity index (χ0v) is 14.9. The first-order chi connectivity index (χ1) is 12.0. The van der Waals surface area contributed by atoms with Crippen molar-refractivity contribution in [1.29, 1.82) is 0 Å². The molecule has 0 aliphatic carbocycles. The molecule has 0 unspecified atom stereocenters. The van der Waals surface area contributed by atoms with E-state index in [0.29, 0.717) is 16.5 Å². The number of aliphatic imine (C=N–C) groups is 1. The highest BCUT2D eigenvalue weighted by Crippen LogP contribution is 2.23. The highest BCUT2D eigenvalue weighted by atomic mass is 35.5. The summed E-state index contributed by atoms with van der Waals surface area (Å²) in [7, 11) is 0. The summed E-state index contributed by atoms with van der Waals surface area (Å²) in [6.07, 6.45) is 0. The molecular formula is C19H20ClN3O2. The Hall–Kier alpha value is -2.53. The lowest BCUT2D eigenvalue weighted by Gasteiger charge is -2.26. The van der Waals surface area contributed by atoms with Crippen molar-refractivity contribution in [3.63, 3.8) is 0 Å². The normalized spacial score (nSPS) is 13.8. The predicted molar refractivity (Wildman–Crippen MR) is 101 cm³/mol. The molecule has 0 fully saturated rings. The fraction of sp³-hybridized carbons (Fsp3) is 0.263. The number of hydrogen-bond acceptors (Lipinski definition) is 4. The van der Waals surface area contributed by atoms with Gasteiger partial charge in [0.1, 0.15) is 11.6 Å². The van der Waals surface area contributed by atoms with Gasteiger partial charge < -0.3 is 15.4 Å². The van der Waals surface area contributed by atoms with Gasteiger partial charge in [-0.2, -0.15) is 0 Å². The van der Waals surface area contributed by atoms with Gasteiger partial charge in [0.25, 0.3) is 5.91 Å². The van der Waals surface area contributed by atoms with Gasteiger partial charge >= 0.3 is 0 Å². The largest absolute Gasteiger partial charge is 0.478 e. The number of rotatable bonds is 5. The molecule has 0 saturated heterocycles. The third-order valence-electron chi connectivity index (χ3n) is 3.84. The molecule has 2 aromatic carbocycles. The number of carbonyl (C=O) groups is 1. The van der Waals surface area contributed by atoms with Gasteiger partial charge in [0.05, 0.1) is 12.2 Å². The van der Waals surface area contributed by atoms with E-state index in [1.807, 2.05) is 24.3 Å². The minimum absolute atomic E-state index is 0.242. The Balaban J connectivity index is 1.76. The van der Waals surface area contributed by atoms with Crippen LogP contribution in [0.5, 0.6) is 5.75 Å². The lowest BCUT2D eigenvalue weighted by Crippen LogP contribution is -2.42. The number of amides is 1. The lowest BCUT2D eigenvalue weighted by atomic mass is 10.1. The Bertz CT molecular complexity index is 801. The van der Waals surface area contributed by atoms with Gasteiger partial charge in [-0.3, -0.25) is 9.79 Å². The van der Waals surface area contributed by atoms with Crippen molar-refractivity contribution in [2.24, 2.45) is 4.99 Å². The van der Waals surface area contributed by atoms with Gasteiger partial charge in [0.2, 0.25) is 0 Å². The number of hydrogen-bond donors (Lipinski definition) is 2. The van der Waals surface area contributed by atoms with Crippen molar-refractivity contribution >= 4 is 29.0 Å². The first kappa shape index (κ1) is 17.3. The van der Waals surface area contributed by atoms with Crippen LogP contribution in [0.15, 0.2) is 53.5 Å². The summed E-state index contributed by atoms with van der Waals surface area (Å²) in [6.45, 7) is 5.00. The molecular weight excluding hydrogens is 338 g/mol. The number of benzene rings is 2. The van der Waals surface area contributed by atoms with Gasteiger partial charge in [-0.25, -0.2) is 0 Å². The highest BCUT2D eigenvalue weighted by molar-refractivity contribution is 6.30. The van der Waals surface area contributed by atoms with Crippen LogP contribution in [0.3, 0.4) is 0 Å². The van der Waals surface area contributed by atoms with Crippen LogP contribution in [0.1, 0.15) is 19.4 Å². The second-order valence-electron chi connectivity index (χ2n) is 6.22. The number of nitrogens with one attached hydrogen (secondary N) is 2. The maximum atomic E-state index is 12.8. The van der Waals surface area contributed by atoms with Gasteiger partial charge in [0.15, 0.2) is 5.60 Å². The predicted octanol–water partition coefficient (Wildman–Crippen LogP) is 3.49. The molecule has 0 spiro atoms. The van der Waals surface area contributed by atoms with Gasteiger partial charge in [0, 0.05) is 17.1 Å². The minimum Gasteiger partial charge on any atom is -0.478 e. The Labute approximate surface area is 152 Å². The van der Waals surface area contributed by atoms with Crippen LogP contribution in [0.2, 0.25) is 5.02 Å². The van der Waals surface area contributed by atoms with E-state index in [-0.39, 0.29) is 5.91 Å². The molecule has 0 aromatic heterocycles. The van der Waals surface area contributed by atoms with Gasteiger partial charge in [-0.15, -0.1) is 0 Å². The van der Waals surface area contributed by atoms with Gasteiger partial charge in [-0.05, 0) is 50.2 Å². The summed E-state index contributed by atoms with van der Waals surface area (Å²) in [5.74, 6) is 1.14. The number of amidine groups is 1. The average molecular weight is 358 g/mol. The number of para-hydroxylation sites is 1. The minimum atomic E-state index is -1.05. The summed E-state index contributed by atoms with van der Waals surface area (Å²) in [5, 5.41) is 6.79. The molecule has 5 nitrogen and oxygen atoms in total. The van der Waals surface area contributed by atoms with Crippen LogP contribution < -0.4 is 15.4 Å². The molecule has 130 valence electrons. The number of halogens is 1. The van der Waals surface area contributed by atoms with Crippen molar-refractivity contribution in [1.82, 2.24) is 5.32 Å². The van der Waals surface area contributed by atoms with Crippen molar-refractivity contribution in [2.75, 3.05) is 18.4 Å². The maximum absolute atomic E-state index is 12.8. The zero-order valence-electron chi connectivity index (χ0n) is 14.2. The fourth-order valence-electron chi connectivity index (χ4n) is 2.49. The fourth-order valence-corrected chi connectivity index (χ4v) is 2.62. The van der Waals surface area contributed by atoms with E-state index in [2.05, 4.69) is 15.6 Å². The zero-order chi connectivity index (χ0) is 17.9. The van der Waals surface area contributed by atoms with Crippen LogP contribution >= 0.6 is 11.6 Å². The average Bonchev–Trinajstić information content (AvgIpc) is 3.11. The molecule has 1 heterocycles. The van der Waals surface area contributed by atoms with Crippen molar-refractivity contribution in [3.8, 4) is 5.75 Å². The standard InChI is InChI=1S/C19H20ClN3O2/c1-19(2,25-14-9-7-13(20)8-10-14)18(24)23-16-6-4-3-5-15(16)17-21-11-12-22-17/h3-10H,11-12H2,1-2H3,(H,21,22)(H,23,24). The molecule has 1 amide bonds. The highest BCUT2D eigenvalue weighted by Gasteiger charge is 2.31. The summed E-state index contributed by atoms with van der Waals surface area (Å²) < 4.78 is 5.84. The first-order valence-electron chi connectivity index (χ1n) is 8.09. The molecule has 6 heteroatoms. The molecule has 0 saturated carbocycles. The summed E-state index contributed by atoms with van der Waals surface area (Å²) >= 11 is 5.88. The molecule has 0 bridgehead atoms. The van der Waals surface area contributed by atoms with Crippen LogP contribution in [0, 0.1) is 0 Å². The van der Waals surface area contributed by atoms with Gasteiger partial charge in [-0.1, -0.05) is 23.7 Å². The van der Waals surface area contributed by atoms with Crippen LogP contribution in [-0.2, 0) is 4.79 Å². The van der Waals surface area contributed by atoms with E-state index in [0.717, 1.165) is 24.5 Å². The first-order valence-corrected chi connectivity index (χ1v) is 8.47. The molecule has 25 heavy (non-hydrogen) atoms. The van der Waals surface area contributed by atoms with Crippen LogP contribution in [-0.4, -0.2) is 30.4 Å². The van der Waals surface area contributed by atoms with E-state index in [1.54, 1.807) is 38.1 Å². The second-order valence-corrected chi connectivity index (χ2v) is 6.66. The molecule has 0 radical (unpaired) electrons. The summed E-state index contributed by atoms with van der Waals surface area (Å²) in [4.78, 5) is 17.2. The maximum Gasteiger partial charge on any atom is 0.267 e. The third kappa shape index (κ3) is 4.12. The van der Waals surface area contributed by atoms with Crippen molar-refractivity contribution in [3.05, 3.63) is 59.1 Å². The molecule has 1 aliphatic heterocycles. The SMILES string of the molecule is CC(C)(Oc1ccc(Cl)cc1)C(=O)Nc1ccccc1C1=NCCN1. The van der Waals surface area contributed by atoms with E-state index >= 15 is 0 Å². The topological polar surface area (TPSA) is 62.7 Å². The van der Waals surface area contributed by atoms with Crippen molar-refractivity contribution in [2.45, 2.75) is 19.4 Å². The Morgan fingerprint density at radius 1 is 1.20 bits per heavy atom. The van der Waals surface area contributed by atoms with E-state index in [4.69, 9.17) is 16.3 Å². The molecule has 2 aromatic rings. The quantitative estimate of drug-likeness (QED) is 0.861. The molecule has 3 rings (SSSR count). The Morgan fingerprint density at radius 2 is 1.92 bits per heavy atom. The third-order valence-corrected chi connectivity index (χ3v) is 4.09. The second kappa shape index (κ2) is 7.15. The summed E-state index contributed by atoms with van der Waals surface area (Å²) in [6, 6.07) is 14.5. The molecule has 0 atom stereocenters. The summed E-state index contributed by atoms with van der Waals surface area (Å²) in [5.41, 5.74) is 0.523. The molecule has 2 N–H and O–H groups in total. The van der Waals surface area contributed by atoms with Crippen LogP contribution in [0.25, 0.3) is 0 Å². The monoisotopic (exact) mass is 357 g/mol. The lowest BCUT2D eigenvalue weighted by molar-refractivity contribution is -0.128. The van der Waals surface area contributed by atoms with E-state index in [9.17, 15) is 4.79 Å².